The third-order valence-electron chi connectivity index (χ3n) is 4.61. The minimum absolute atomic E-state index is 0. The van der Waals surface area contributed by atoms with Gasteiger partial charge >= 0.3 is 0 Å². The zero-order valence-corrected chi connectivity index (χ0v) is 18.3. The van der Waals surface area contributed by atoms with E-state index < -0.39 is 5.54 Å². The summed E-state index contributed by atoms with van der Waals surface area (Å²) in [6.45, 7) is 4.50. The molecule has 1 heterocycles. The lowest BCUT2D eigenvalue weighted by Crippen LogP contribution is -2.56. The van der Waals surface area contributed by atoms with Crippen molar-refractivity contribution in [3.8, 4) is 5.75 Å². The number of hydrogen-bond donors (Lipinski definition) is 2. The summed E-state index contributed by atoms with van der Waals surface area (Å²) in [5, 5.41) is 2.94. The Labute approximate surface area is 180 Å². The molecule has 0 spiro atoms. The molecule has 3 N–H and O–H groups in total. The van der Waals surface area contributed by atoms with E-state index in [4.69, 9.17) is 19.9 Å². The molecule has 0 bridgehead atoms. The van der Waals surface area contributed by atoms with Gasteiger partial charge in [-0.3, -0.25) is 4.79 Å². The van der Waals surface area contributed by atoms with Crippen molar-refractivity contribution in [3.63, 3.8) is 0 Å². The van der Waals surface area contributed by atoms with Gasteiger partial charge in [-0.05, 0) is 37.6 Å². The third kappa shape index (κ3) is 8.94. The number of likely N-dealkylation sites (N-methyl/N-ethyl adjacent to an activating group) is 1. The number of nitrogens with one attached hydrogen (secondary N) is 1. The minimum atomic E-state index is -0.820. The predicted octanol–water partition coefficient (Wildman–Crippen LogP) is 1.61. The standard InChI is InChI=1S/C19H31N3O4.2ClH/c1-22(8-12-24-2)9-13-26-17-5-3-4-16(14-17)15-21-18(23)19(20)6-10-25-11-7-19;;/h3-5,14H,6-13,15,20H2,1-2H3,(H,21,23);2*1H. The summed E-state index contributed by atoms with van der Waals surface area (Å²) in [5.74, 6) is 0.678. The normalized spacial score (nSPS) is 15.3. The van der Waals surface area contributed by atoms with Gasteiger partial charge in [0.15, 0.2) is 0 Å². The highest BCUT2D eigenvalue weighted by Gasteiger charge is 2.35. The Balaban J connectivity index is 0.00000364. The van der Waals surface area contributed by atoms with E-state index in [0.29, 0.717) is 45.8 Å². The topological polar surface area (TPSA) is 86.1 Å². The number of nitrogens with zero attached hydrogens (tertiary/aromatic N) is 1. The number of nitrogens with two attached hydrogens (primary N) is 1. The van der Waals surface area contributed by atoms with Crippen LogP contribution in [0.2, 0.25) is 0 Å². The van der Waals surface area contributed by atoms with E-state index in [1.807, 2.05) is 31.3 Å². The van der Waals surface area contributed by atoms with Gasteiger partial charge in [0, 0.05) is 40.0 Å². The molecule has 0 atom stereocenters. The van der Waals surface area contributed by atoms with E-state index in [0.717, 1.165) is 24.4 Å². The van der Waals surface area contributed by atoms with Crippen molar-refractivity contribution in [2.45, 2.75) is 24.9 Å². The van der Waals surface area contributed by atoms with Crippen LogP contribution in [0.15, 0.2) is 24.3 Å². The summed E-state index contributed by atoms with van der Waals surface area (Å²) < 4.78 is 16.1. The summed E-state index contributed by atoms with van der Waals surface area (Å²) >= 11 is 0. The SMILES string of the molecule is COCCN(C)CCOc1cccc(CNC(=O)C2(N)CCOCC2)c1.Cl.Cl. The molecule has 7 nitrogen and oxygen atoms in total. The van der Waals surface area contributed by atoms with Crippen LogP contribution in [0.1, 0.15) is 18.4 Å². The number of methoxy groups -OCH3 is 1. The number of rotatable bonds is 10. The van der Waals surface area contributed by atoms with Crippen molar-refractivity contribution >= 4 is 30.7 Å². The van der Waals surface area contributed by atoms with Crippen LogP contribution in [0.25, 0.3) is 0 Å². The molecule has 0 aliphatic carbocycles. The molecule has 0 radical (unpaired) electrons. The Morgan fingerprint density at radius 3 is 2.61 bits per heavy atom. The first-order valence-corrected chi connectivity index (χ1v) is 9.08. The van der Waals surface area contributed by atoms with Gasteiger partial charge in [0.2, 0.25) is 5.91 Å². The average molecular weight is 438 g/mol. The van der Waals surface area contributed by atoms with E-state index in [1.54, 1.807) is 7.11 Å². The largest absolute Gasteiger partial charge is 0.492 e. The molecule has 1 aliphatic heterocycles. The molecule has 1 amide bonds. The molecule has 28 heavy (non-hydrogen) atoms. The first-order chi connectivity index (χ1) is 12.5. The van der Waals surface area contributed by atoms with Crippen molar-refractivity contribution in [2.24, 2.45) is 5.73 Å². The summed E-state index contributed by atoms with van der Waals surface area (Å²) in [4.78, 5) is 14.5. The Hall–Kier alpha value is -1.09. The number of hydrogen-bond acceptors (Lipinski definition) is 6. The first kappa shape index (κ1) is 26.9. The summed E-state index contributed by atoms with van der Waals surface area (Å²) in [6.07, 6.45) is 1.11. The van der Waals surface area contributed by atoms with Gasteiger partial charge in [0.1, 0.15) is 12.4 Å². The second-order valence-electron chi connectivity index (χ2n) is 6.74. The van der Waals surface area contributed by atoms with Crippen LogP contribution < -0.4 is 15.8 Å². The smallest absolute Gasteiger partial charge is 0.240 e. The number of amides is 1. The van der Waals surface area contributed by atoms with Gasteiger partial charge in [-0.25, -0.2) is 0 Å². The van der Waals surface area contributed by atoms with Gasteiger partial charge in [0.05, 0.1) is 12.1 Å². The van der Waals surface area contributed by atoms with E-state index >= 15 is 0 Å². The van der Waals surface area contributed by atoms with Crippen molar-refractivity contribution in [3.05, 3.63) is 29.8 Å². The third-order valence-corrected chi connectivity index (χ3v) is 4.61. The Morgan fingerprint density at radius 1 is 1.25 bits per heavy atom. The fourth-order valence-electron chi connectivity index (χ4n) is 2.74. The van der Waals surface area contributed by atoms with Crippen LogP contribution in [0.5, 0.6) is 5.75 Å². The molecule has 0 unspecified atom stereocenters. The van der Waals surface area contributed by atoms with Crippen LogP contribution >= 0.6 is 24.8 Å². The summed E-state index contributed by atoms with van der Waals surface area (Å²) in [5.41, 5.74) is 6.36. The van der Waals surface area contributed by atoms with Crippen molar-refractivity contribution in [1.82, 2.24) is 10.2 Å². The molecule has 9 heteroatoms. The van der Waals surface area contributed by atoms with Crippen LogP contribution in [-0.4, -0.2) is 70.0 Å². The summed E-state index contributed by atoms with van der Waals surface area (Å²) in [6, 6.07) is 7.76. The van der Waals surface area contributed by atoms with Crippen LogP contribution in [0.3, 0.4) is 0 Å². The van der Waals surface area contributed by atoms with E-state index in [9.17, 15) is 4.79 Å². The van der Waals surface area contributed by atoms with Gasteiger partial charge < -0.3 is 30.2 Å². The Morgan fingerprint density at radius 2 is 1.93 bits per heavy atom. The van der Waals surface area contributed by atoms with Crippen molar-refractivity contribution in [1.29, 1.82) is 0 Å². The molecule has 1 aliphatic rings. The lowest BCUT2D eigenvalue weighted by atomic mass is 9.90. The first-order valence-electron chi connectivity index (χ1n) is 9.08. The molecule has 1 aromatic rings. The lowest BCUT2D eigenvalue weighted by Gasteiger charge is -2.31. The second kappa shape index (κ2) is 14.0. The van der Waals surface area contributed by atoms with Gasteiger partial charge in [-0.2, -0.15) is 0 Å². The maximum absolute atomic E-state index is 12.4. The highest BCUT2D eigenvalue weighted by molar-refractivity contribution is 5.86. The molecule has 1 aromatic carbocycles. The highest BCUT2D eigenvalue weighted by atomic mass is 35.5. The predicted molar refractivity (Wildman–Crippen MR) is 115 cm³/mol. The van der Waals surface area contributed by atoms with Crippen molar-refractivity contribution < 1.29 is 19.0 Å². The molecule has 2 rings (SSSR count). The molecule has 1 saturated heterocycles. The van der Waals surface area contributed by atoms with Crippen LogP contribution in [-0.2, 0) is 20.8 Å². The average Bonchev–Trinajstić information content (AvgIpc) is 2.65. The monoisotopic (exact) mass is 437 g/mol. The lowest BCUT2D eigenvalue weighted by molar-refractivity contribution is -0.129. The molecule has 0 aromatic heterocycles. The van der Waals surface area contributed by atoms with E-state index in [2.05, 4.69) is 10.2 Å². The maximum atomic E-state index is 12.4. The number of carbonyl (C=O) groups excluding carboxylic acids is 1. The molecular formula is C19H33Cl2N3O4. The summed E-state index contributed by atoms with van der Waals surface area (Å²) in [7, 11) is 3.73. The minimum Gasteiger partial charge on any atom is -0.492 e. The van der Waals surface area contributed by atoms with Crippen molar-refractivity contribution in [2.75, 3.05) is 53.7 Å². The molecule has 0 saturated carbocycles. The fraction of sp³-hybridized carbons (Fsp3) is 0.632. The zero-order chi connectivity index (χ0) is 18.8. The van der Waals surface area contributed by atoms with Crippen LogP contribution in [0, 0.1) is 0 Å². The Kier molecular flexibility index (Phi) is 13.4. The highest BCUT2D eigenvalue weighted by Crippen LogP contribution is 2.18. The van der Waals surface area contributed by atoms with E-state index in [1.165, 1.54) is 0 Å². The van der Waals surface area contributed by atoms with Gasteiger partial charge in [-0.1, -0.05) is 12.1 Å². The van der Waals surface area contributed by atoms with Crippen LogP contribution in [0.4, 0.5) is 0 Å². The Bertz CT molecular complexity index is 572. The maximum Gasteiger partial charge on any atom is 0.240 e. The molecule has 1 fully saturated rings. The number of benzene rings is 1. The van der Waals surface area contributed by atoms with Gasteiger partial charge in [0.25, 0.3) is 0 Å². The fourth-order valence-corrected chi connectivity index (χ4v) is 2.74. The number of ether oxygens (including phenoxy) is 3. The van der Waals surface area contributed by atoms with E-state index in [-0.39, 0.29) is 30.7 Å². The molecular weight excluding hydrogens is 405 g/mol. The molecule has 162 valence electrons. The zero-order valence-electron chi connectivity index (χ0n) is 16.6. The second-order valence-corrected chi connectivity index (χ2v) is 6.74. The number of halogens is 2. The van der Waals surface area contributed by atoms with Gasteiger partial charge in [-0.15, -0.1) is 24.8 Å². The quantitative estimate of drug-likeness (QED) is 0.578. The number of carbonyl (C=O) groups is 1.